The van der Waals surface area contributed by atoms with Crippen LogP contribution in [0.1, 0.15) is 41.9 Å². The number of amides is 3. The number of rotatable bonds is 5. The van der Waals surface area contributed by atoms with E-state index in [9.17, 15) is 19.2 Å². The van der Waals surface area contributed by atoms with Gasteiger partial charge in [-0.1, -0.05) is 0 Å². The van der Waals surface area contributed by atoms with Crippen LogP contribution in [0.25, 0.3) is 10.9 Å². The predicted octanol–water partition coefficient (Wildman–Crippen LogP) is 4.09. The number of nitrogens with zero attached hydrogens (tertiary/aromatic N) is 4. The Kier molecular flexibility index (Phi) is 6.68. The van der Waals surface area contributed by atoms with Crippen LogP contribution in [0.2, 0.25) is 0 Å². The lowest BCUT2D eigenvalue weighted by Gasteiger charge is -2.18. The molecule has 0 atom stereocenters. The van der Waals surface area contributed by atoms with Crippen LogP contribution in [-0.2, 0) is 18.8 Å². The molecule has 13 heteroatoms. The first-order chi connectivity index (χ1) is 17.8. The SMILES string of the molecule is Cn1cc(NC(=O)c2nc(NC(=O)OC(C)(C)C)cn2C)cc1C(=O)n1ccc2cc(NC(=O)O)ccc21. The second kappa shape index (κ2) is 9.76. The van der Waals surface area contributed by atoms with Gasteiger partial charge in [-0.15, -0.1) is 0 Å². The maximum absolute atomic E-state index is 13.3. The number of carboxylic acid groups (broad SMARTS) is 1. The minimum atomic E-state index is -1.18. The summed E-state index contributed by atoms with van der Waals surface area (Å²) in [6.45, 7) is 5.20. The third-order valence-corrected chi connectivity index (χ3v) is 5.35. The maximum Gasteiger partial charge on any atom is 0.413 e. The Morgan fingerprint density at radius 1 is 0.921 bits per heavy atom. The molecule has 0 aliphatic heterocycles. The highest BCUT2D eigenvalue weighted by molar-refractivity contribution is 6.05. The number of imidazole rings is 1. The van der Waals surface area contributed by atoms with E-state index in [1.807, 2.05) is 0 Å². The van der Waals surface area contributed by atoms with Gasteiger partial charge in [0, 0.05) is 43.8 Å². The van der Waals surface area contributed by atoms with E-state index in [1.165, 1.54) is 21.4 Å². The van der Waals surface area contributed by atoms with Crippen LogP contribution in [-0.4, -0.2) is 53.4 Å². The predicted molar refractivity (Wildman–Crippen MR) is 140 cm³/mol. The van der Waals surface area contributed by atoms with E-state index >= 15 is 0 Å². The van der Waals surface area contributed by atoms with Crippen molar-refractivity contribution in [3.63, 3.8) is 0 Å². The molecule has 3 heterocycles. The molecule has 0 fully saturated rings. The molecule has 3 amide bonds. The van der Waals surface area contributed by atoms with Crippen molar-refractivity contribution in [2.45, 2.75) is 26.4 Å². The number of benzene rings is 1. The van der Waals surface area contributed by atoms with E-state index in [1.54, 1.807) is 76.1 Å². The number of ether oxygens (including phenoxy) is 1. The van der Waals surface area contributed by atoms with Gasteiger partial charge in [0.15, 0.2) is 5.82 Å². The van der Waals surface area contributed by atoms with E-state index < -0.39 is 23.7 Å². The summed E-state index contributed by atoms with van der Waals surface area (Å²) >= 11 is 0. The van der Waals surface area contributed by atoms with E-state index in [4.69, 9.17) is 9.84 Å². The molecule has 198 valence electrons. The normalized spacial score (nSPS) is 11.3. The number of hydrogen-bond donors (Lipinski definition) is 4. The molecule has 4 N–H and O–H groups in total. The van der Waals surface area contributed by atoms with Crippen LogP contribution < -0.4 is 16.0 Å². The fraction of sp³-hybridized carbons (Fsp3) is 0.240. The number of fused-ring (bicyclic) bond motifs is 1. The van der Waals surface area contributed by atoms with Crippen molar-refractivity contribution < 1.29 is 29.0 Å². The van der Waals surface area contributed by atoms with Gasteiger partial charge < -0.3 is 24.3 Å². The molecule has 13 nitrogen and oxygen atoms in total. The van der Waals surface area contributed by atoms with Gasteiger partial charge in [-0.25, -0.2) is 14.6 Å². The van der Waals surface area contributed by atoms with E-state index in [-0.39, 0.29) is 17.5 Å². The summed E-state index contributed by atoms with van der Waals surface area (Å²) in [5, 5.41) is 17.1. The first kappa shape index (κ1) is 26.0. The number of carbonyl (C=O) groups excluding carboxylic acids is 3. The van der Waals surface area contributed by atoms with Crippen LogP contribution in [0, 0.1) is 0 Å². The average molecular weight is 522 g/mol. The van der Waals surface area contributed by atoms with Crippen molar-refractivity contribution in [2.24, 2.45) is 14.1 Å². The first-order valence-corrected chi connectivity index (χ1v) is 11.5. The van der Waals surface area contributed by atoms with Gasteiger partial charge in [0.2, 0.25) is 5.82 Å². The van der Waals surface area contributed by atoms with Gasteiger partial charge in [-0.05, 0) is 51.1 Å². The third-order valence-electron chi connectivity index (χ3n) is 5.35. The highest BCUT2D eigenvalue weighted by atomic mass is 16.6. The highest BCUT2D eigenvalue weighted by Crippen LogP contribution is 2.23. The summed E-state index contributed by atoms with van der Waals surface area (Å²) in [5.74, 6) is -0.700. The van der Waals surface area contributed by atoms with Crippen LogP contribution >= 0.6 is 0 Å². The number of anilines is 3. The molecule has 0 radical (unpaired) electrons. The molecule has 4 rings (SSSR count). The summed E-state index contributed by atoms with van der Waals surface area (Å²) in [7, 11) is 3.28. The quantitative estimate of drug-likeness (QED) is 0.307. The van der Waals surface area contributed by atoms with E-state index in [2.05, 4.69) is 20.9 Å². The molecule has 0 bridgehead atoms. The van der Waals surface area contributed by atoms with Crippen molar-refractivity contribution >= 4 is 52.1 Å². The van der Waals surface area contributed by atoms with Gasteiger partial charge in [-0.3, -0.25) is 24.8 Å². The Bertz CT molecular complexity index is 1570. The van der Waals surface area contributed by atoms with Crippen molar-refractivity contribution in [1.82, 2.24) is 18.7 Å². The zero-order chi connectivity index (χ0) is 27.8. The molecule has 0 unspecified atom stereocenters. The molecule has 3 aromatic heterocycles. The fourth-order valence-electron chi connectivity index (χ4n) is 3.82. The number of carbonyl (C=O) groups is 4. The van der Waals surface area contributed by atoms with Crippen molar-refractivity contribution in [3.05, 3.63) is 60.4 Å². The van der Waals surface area contributed by atoms with Crippen molar-refractivity contribution in [1.29, 1.82) is 0 Å². The zero-order valence-corrected chi connectivity index (χ0v) is 21.4. The lowest BCUT2D eigenvalue weighted by Crippen LogP contribution is -2.27. The molecule has 0 saturated heterocycles. The average Bonchev–Trinajstić information content (AvgIpc) is 3.47. The maximum atomic E-state index is 13.3. The first-order valence-electron chi connectivity index (χ1n) is 11.5. The number of nitrogens with one attached hydrogen (secondary N) is 3. The second-order valence-corrected chi connectivity index (χ2v) is 9.56. The topological polar surface area (TPSA) is 162 Å². The zero-order valence-electron chi connectivity index (χ0n) is 21.4. The van der Waals surface area contributed by atoms with Gasteiger partial charge in [0.05, 0.1) is 11.2 Å². The fourth-order valence-corrected chi connectivity index (χ4v) is 3.82. The molecular weight excluding hydrogens is 494 g/mol. The number of aryl methyl sites for hydroxylation is 2. The molecule has 0 spiro atoms. The molecule has 38 heavy (non-hydrogen) atoms. The number of aromatic nitrogens is 4. The Morgan fingerprint density at radius 3 is 2.34 bits per heavy atom. The smallest absolute Gasteiger partial charge is 0.413 e. The van der Waals surface area contributed by atoms with Gasteiger partial charge in [-0.2, -0.15) is 0 Å². The standard InChI is InChI=1S/C25H27N7O6/c1-25(2,3)38-24(37)29-19-13-31(5)20(28-19)21(33)26-16-11-18(30(4)12-16)22(34)32-9-8-14-10-15(27-23(35)36)6-7-17(14)32/h6-13,27H,1-5H3,(H,26,33)(H,29,37)(H,35,36). The summed E-state index contributed by atoms with van der Waals surface area (Å²) in [5.41, 5.74) is 0.968. The van der Waals surface area contributed by atoms with Crippen molar-refractivity contribution in [2.75, 3.05) is 16.0 Å². The lowest BCUT2D eigenvalue weighted by molar-refractivity contribution is 0.0634. The van der Waals surface area contributed by atoms with Crippen LogP contribution in [0.15, 0.2) is 48.9 Å². The lowest BCUT2D eigenvalue weighted by atomic mass is 10.2. The minimum Gasteiger partial charge on any atom is -0.465 e. The largest absolute Gasteiger partial charge is 0.465 e. The Hall–Kier alpha value is -5.07. The van der Waals surface area contributed by atoms with E-state index in [0.29, 0.717) is 28.0 Å². The molecular formula is C25H27N7O6. The number of hydrogen-bond acceptors (Lipinski definition) is 6. The molecule has 0 aliphatic rings. The van der Waals surface area contributed by atoms with Crippen LogP contribution in [0.3, 0.4) is 0 Å². The summed E-state index contributed by atoms with van der Waals surface area (Å²) < 4.78 is 9.68. The Labute approximate surface area is 217 Å². The summed E-state index contributed by atoms with van der Waals surface area (Å²) in [6.07, 6.45) is 2.79. The third kappa shape index (κ3) is 5.67. The van der Waals surface area contributed by atoms with Crippen LogP contribution in [0.5, 0.6) is 0 Å². The summed E-state index contributed by atoms with van der Waals surface area (Å²) in [6, 6.07) is 8.08. The van der Waals surface area contributed by atoms with Gasteiger partial charge in [0.1, 0.15) is 11.3 Å². The summed E-state index contributed by atoms with van der Waals surface area (Å²) in [4.78, 5) is 53.2. The van der Waals surface area contributed by atoms with Gasteiger partial charge in [0.25, 0.3) is 11.8 Å². The molecule has 1 aromatic carbocycles. The molecule has 4 aromatic rings. The van der Waals surface area contributed by atoms with Gasteiger partial charge >= 0.3 is 12.2 Å². The van der Waals surface area contributed by atoms with Crippen LogP contribution in [0.4, 0.5) is 26.8 Å². The second-order valence-electron chi connectivity index (χ2n) is 9.56. The Balaban J connectivity index is 1.49. The Morgan fingerprint density at radius 2 is 1.66 bits per heavy atom. The highest BCUT2D eigenvalue weighted by Gasteiger charge is 2.21. The van der Waals surface area contributed by atoms with E-state index in [0.717, 1.165) is 0 Å². The minimum absolute atomic E-state index is 0.0370. The monoisotopic (exact) mass is 521 g/mol. The van der Waals surface area contributed by atoms with Crippen molar-refractivity contribution in [3.8, 4) is 0 Å². The molecule has 0 aliphatic carbocycles. The molecule has 0 saturated carbocycles.